The Labute approximate surface area is 231 Å². The number of carbonyl (C=O) groups is 2. The SMILES string of the molecule is Cc1ccc(C(CC(=O)O)NC(=O)c2ccn3c(NC4CCCCC4)c(-c4ccc([N+](=O)[O-])cc4)nc3c2)cc1. The van der Waals surface area contributed by atoms with Crippen LogP contribution in [0.2, 0.25) is 0 Å². The minimum Gasteiger partial charge on any atom is -0.481 e. The van der Waals surface area contributed by atoms with E-state index in [4.69, 9.17) is 4.98 Å². The maximum Gasteiger partial charge on any atom is 0.305 e. The van der Waals surface area contributed by atoms with Crippen LogP contribution in [0, 0.1) is 17.0 Å². The van der Waals surface area contributed by atoms with Crippen molar-refractivity contribution in [2.45, 2.75) is 57.5 Å². The molecule has 0 saturated heterocycles. The van der Waals surface area contributed by atoms with Gasteiger partial charge in [0.25, 0.3) is 11.6 Å². The zero-order chi connectivity index (χ0) is 28.2. The minimum atomic E-state index is -1.01. The Bertz CT molecular complexity index is 1540. The molecule has 0 aliphatic heterocycles. The van der Waals surface area contributed by atoms with Crippen LogP contribution in [0.5, 0.6) is 0 Å². The highest BCUT2D eigenvalue weighted by atomic mass is 16.6. The normalized spacial score (nSPS) is 14.5. The molecule has 2 heterocycles. The van der Waals surface area contributed by atoms with Crippen molar-refractivity contribution >= 4 is 29.0 Å². The van der Waals surface area contributed by atoms with Crippen molar-refractivity contribution in [3.63, 3.8) is 0 Å². The summed E-state index contributed by atoms with van der Waals surface area (Å²) in [7, 11) is 0. The molecule has 10 nitrogen and oxygen atoms in total. The number of aliphatic carboxylic acids is 1. The Hall–Kier alpha value is -4.73. The first-order valence-corrected chi connectivity index (χ1v) is 13.4. The van der Waals surface area contributed by atoms with Gasteiger partial charge in [-0.1, -0.05) is 49.1 Å². The number of benzene rings is 2. The van der Waals surface area contributed by atoms with Crippen LogP contribution >= 0.6 is 0 Å². The van der Waals surface area contributed by atoms with Gasteiger partial charge in [0.2, 0.25) is 0 Å². The second-order valence-electron chi connectivity index (χ2n) is 10.3. The molecule has 1 saturated carbocycles. The number of carbonyl (C=O) groups excluding carboxylic acids is 1. The molecule has 0 radical (unpaired) electrons. The van der Waals surface area contributed by atoms with Crippen LogP contribution in [-0.4, -0.2) is 37.3 Å². The van der Waals surface area contributed by atoms with E-state index in [2.05, 4.69) is 10.6 Å². The highest BCUT2D eigenvalue weighted by molar-refractivity contribution is 5.96. The Morgan fingerprint density at radius 2 is 1.77 bits per heavy atom. The molecule has 2 aromatic carbocycles. The zero-order valence-corrected chi connectivity index (χ0v) is 22.2. The number of nitro benzene ring substituents is 1. The van der Waals surface area contributed by atoms with Crippen LogP contribution in [-0.2, 0) is 4.79 Å². The summed E-state index contributed by atoms with van der Waals surface area (Å²) in [5.41, 5.74) is 3.99. The number of pyridine rings is 1. The van der Waals surface area contributed by atoms with Crippen molar-refractivity contribution in [2.24, 2.45) is 0 Å². The molecule has 0 spiro atoms. The van der Waals surface area contributed by atoms with E-state index in [1.165, 1.54) is 18.6 Å². The molecule has 1 aliphatic rings. The number of nitro groups is 1. The second-order valence-corrected chi connectivity index (χ2v) is 10.3. The number of non-ortho nitro benzene ring substituents is 1. The molecule has 1 amide bonds. The summed E-state index contributed by atoms with van der Waals surface area (Å²) >= 11 is 0. The molecular weight excluding hydrogens is 510 g/mol. The number of nitrogens with one attached hydrogen (secondary N) is 2. The van der Waals surface area contributed by atoms with E-state index in [0.29, 0.717) is 22.5 Å². The number of imidazole rings is 1. The van der Waals surface area contributed by atoms with Gasteiger partial charge in [0.1, 0.15) is 17.2 Å². The average molecular weight is 542 g/mol. The van der Waals surface area contributed by atoms with Gasteiger partial charge in [-0.15, -0.1) is 0 Å². The van der Waals surface area contributed by atoms with Crippen LogP contribution in [0.1, 0.15) is 66.1 Å². The van der Waals surface area contributed by atoms with E-state index >= 15 is 0 Å². The lowest BCUT2D eigenvalue weighted by Crippen LogP contribution is -2.30. The fraction of sp³-hybridized carbons (Fsp3) is 0.300. The lowest BCUT2D eigenvalue weighted by Gasteiger charge is -2.24. The van der Waals surface area contributed by atoms with Gasteiger partial charge in [-0.2, -0.15) is 0 Å². The number of fused-ring (bicyclic) bond motifs is 1. The molecule has 10 heteroatoms. The number of hydrogen-bond acceptors (Lipinski definition) is 6. The summed E-state index contributed by atoms with van der Waals surface area (Å²) in [6.45, 7) is 1.94. The lowest BCUT2D eigenvalue weighted by molar-refractivity contribution is -0.384. The minimum absolute atomic E-state index is 0.00208. The van der Waals surface area contributed by atoms with Crippen LogP contribution in [0.3, 0.4) is 0 Å². The fourth-order valence-electron chi connectivity index (χ4n) is 5.17. The van der Waals surface area contributed by atoms with Gasteiger partial charge in [0.15, 0.2) is 0 Å². The molecule has 206 valence electrons. The van der Waals surface area contributed by atoms with Gasteiger partial charge in [0.05, 0.1) is 17.4 Å². The monoisotopic (exact) mass is 541 g/mol. The van der Waals surface area contributed by atoms with Crippen LogP contribution in [0.4, 0.5) is 11.5 Å². The molecular formula is C30H31N5O5. The van der Waals surface area contributed by atoms with Gasteiger partial charge >= 0.3 is 5.97 Å². The highest BCUT2D eigenvalue weighted by Gasteiger charge is 2.23. The number of carboxylic acids is 1. The number of nitrogens with zero attached hydrogens (tertiary/aromatic N) is 3. The number of rotatable bonds is 9. The summed E-state index contributed by atoms with van der Waals surface area (Å²) in [5, 5.41) is 27.1. The third-order valence-corrected chi connectivity index (χ3v) is 7.35. The molecule has 1 unspecified atom stereocenters. The summed E-state index contributed by atoms with van der Waals surface area (Å²) in [6, 6.07) is 16.6. The second kappa shape index (κ2) is 11.6. The van der Waals surface area contributed by atoms with Gasteiger partial charge in [-0.05, 0) is 49.6 Å². The van der Waals surface area contributed by atoms with Crippen molar-refractivity contribution in [2.75, 3.05) is 5.32 Å². The molecule has 4 aromatic rings. The molecule has 2 aromatic heterocycles. The third kappa shape index (κ3) is 5.96. The first kappa shape index (κ1) is 26.9. The number of carboxylic acid groups (broad SMARTS) is 1. The Morgan fingerprint density at radius 3 is 2.42 bits per heavy atom. The van der Waals surface area contributed by atoms with E-state index in [9.17, 15) is 24.8 Å². The standard InChI is InChI=1S/C30H31N5O5/c1-19-7-9-20(10-8-19)25(18-27(36)37)32-30(38)22-15-16-34-26(17-22)33-28(21-11-13-24(14-12-21)35(39)40)29(34)31-23-5-3-2-4-6-23/h7-17,23,25,31H,2-6,18H2,1H3,(H,32,38)(H,36,37). The molecule has 40 heavy (non-hydrogen) atoms. The highest BCUT2D eigenvalue weighted by Crippen LogP contribution is 2.33. The molecule has 5 rings (SSSR count). The number of aryl methyl sites for hydroxylation is 1. The largest absolute Gasteiger partial charge is 0.481 e. The van der Waals surface area contributed by atoms with Gasteiger partial charge in [-0.25, -0.2) is 4.98 Å². The van der Waals surface area contributed by atoms with Crippen molar-refractivity contribution in [1.29, 1.82) is 0 Å². The van der Waals surface area contributed by atoms with Crippen molar-refractivity contribution in [3.05, 3.63) is 93.7 Å². The molecule has 3 N–H and O–H groups in total. The van der Waals surface area contributed by atoms with Gasteiger partial charge in [-0.3, -0.25) is 24.1 Å². The molecule has 1 fully saturated rings. The molecule has 1 atom stereocenters. The van der Waals surface area contributed by atoms with E-state index < -0.39 is 22.8 Å². The molecule has 0 bridgehead atoms. The maximum atomic E-state index is 13.3. The topological polar surface area (TPSA) is 139 Å². The first-order chi connectivity index (χ1) is 19.3. The quantitative estimate of drug-likeness (QED) is 0.177. The third-order valence-electron chi connectivity index (χ3n) is 7.35. The van der Waals surface area contributed by atoms with E-state index in [0.717, 1.165) is 42.6 Å². The summed E-state index contributed by atoms with van der Waals surface area (Å²) in [5.74, 6) is -0.650. The first-order valence-electron chi connectivity index (χ1n) is 13.4. The van der Waals surface area contributed by atoms with Crippen molar-refractivity contribution in [3.8, 4) is 11.3 Å². The van der Waals surface area contributed by atoms with Gasteiger partial charge < -0.3 is 15.7 Å². The summed E-state index contributed by atoms with van der Waals surface area (Å²) in [6.07, 6.45) is 7.10. The van der Waals surface area contributed by atoms with Crippen molar-refractivity contribution in [1.82, 2.24) is 14.7 Å². The smallest absolute Gasteiger partial charge is 0.305 e. The van der Waals surface area contributed by atoms with E-state index in [1.54, 1.807) is 30.5 Å². The zero-order valence-electron chi connectivity index (χ0n) is 22.2. The van der Waals surface area contributed by atoms with Gasteiger partial charge in [0, 0.05) is 35.5 Å². The predicted molar refractivity (Wildman–Crippen MR) is 151 cm³/mol. The lowest BCUT2D eigenvalue weighted by atomic mass is 9.95. The van der Waals surface area contributed by atoms with E-state index in [1.807, 2.05) is 35.6 Å². The van der Waals surface area contributed by atoms with Crippen LogP contribution in [0.15, 0.2) is 66.9 Å². The van der Waals surface area contributed by atoms with E-state index in [-0.39, 0.29) is 18.2 Å². The maximum absolute atomic E-state index is 13.3. The average Bonchev–Trinajstić information content (AvgIpc) is 3.30. The van der Waals surface area contributed by atoms with Crippen LogP contribution < -0.4 is 10.6 Å². The fourth-order valence-corrected chi connectivity index (χ4v) is 5.17. The number of anilines is 1. The number of aromatic nitrogens is 2. The number of amides is 1. The number of hydrogen-bond donors (Lipinski definition) is 3. The predicted octanol–water partition coefficient (Wildman–Crippen LogP) is 5.91. The Balaban J connectivity index is 1.48. The van der Waals surface area contributed by atoms with Crippen LogP contribution in [0.25, 0.3) is 16.9 Å². The summed E-state index contributed by atoms with van der Waals surface area (Å²) < 4.78 is 1.89. The molecule has 1 aliphatic carbocycles. The Kier molecular flexibility index (Phi) is 7.77. The summed E-state index contributed by atoms with van der Waals surface area (Å²) in [4.78, 5) is 40.4. The Morgan fingerprint density at radius 1 is 1.07 bits per heavy atom. The van der Waals surface area contributed by atoms with Crippen molar-refractivity contribution < 1.29 is 19.6 Å².